The van der Waals surface area contributed by atoms with Crippen LogP contribution in [-0.4, -0.2) is 13.3 Å². The summed E-state index contributed by atoms with van der Waals surface area (Å²) in [6, 6.07) is 21.3. The summed E-state index contributed by atoms with van der Waals surface area (Å²) < 4.78 is 12.4. The molecule has 3 aromatic rings. The maximum atomic E-state index is 6.20. The van der Waals surface area contributed by atoms with Gasteiger partial charge in [0.25, 0.3) is 0 Å². The number of ether oxygens (including phenoxy) is 2. The van der Waals surface area contributed by atoms with Crippen LogP contribution in [0.4, 0.5) is 5.69 Å². The van der Waals surface area contributed by atoms with Crippen molar-refractivity contribution in [1.29, 1.82) is 0 Å². The van der Waals surface area contributed by atoms with Gasteiger partial charge in [-0.1, -0.05) is 48.0 Å². The van der Waals surface area contributed by atoms with Gasteiger partial charge in [-0.25, -0.2) is 0 Å². The van der Waals surface area contributed by atoms with Gasteiger partial charge in [-0.2, -0.15) is 5.10 Å². The lowest BCUT2D eigenvalue weighted by Gasteiger charge is -2.14. The van der Waals surface area contributed by atoms with Gasteiger partial charge in [-0.15, -0.1) is 0 Å². The molecule has 3 aromatic carbocycles. The van der Waals surface area contributed by atoms with E-state index < -0.39 is 0 Å². The fourth-order valence-corrected chi connectivity index (χ4v) is 3.39. The molecule has 0 aliphatic heterocycles. The first-order valence-corrected chi connectivity index (χ1v) is 9.71. The Morgan fingerprint density at radius 1 is 1.07 bits per heavy atom. The van der Waals surface area contributed by atoms with Crippen molar-refractivity contribution in [2.45, 2.75) is 6.61 Å². The Labute approximate surface area is 177 Å². The van der Waals surface area contributed by atoms with Crippen molar-refractivity contribution < 1.29 is 9.47 Å². The molecule has 0 amide bonds. The fourth-order valence-electron chi connectivity index (χ4n) is 2.41. The second kappa shape index (κ2) is 9.62. The number of para-hydroxylation sites is 1. The second-order valence-electron chi connectivity index (χ2n) is 5.65. The molecule has 0 aromatic heterocycles. The van der Waals surface area contributed by atoms with E-state index in [0.29, 0.717) is 23.1 Å². The Morgan fingerprint density at radius 3 is 2.56 bits per heavy atom. The summed E-state index contributed by atoms with van der Waals surface area (Å²) in [5.74, 6) is 1.33. The molecule has 0 aliphatic rings. The van der Waals surface area contributed by atoms with E-state index in [4.69, 9.17) is 21.1 Å². The Kier molecular flexibility index (Phi) is 6.95. The maximum absolute atomic E-state index is 6.20. The molecular weight excluding hydrogens is 475 g/mol. The molecule has 0 heterocycles. The average molecular weight is 493 g/mol. The number of halogens is 2. The zero-order valence-corrected chi connectivity index (χ0v) is 17.6. The van der Waals surface area contributed by atoms with Crippen molar-refractivity contribution in [2.75, 3.05) is 12.5 Å². The molecule has 3 rings (SSSR count). The summed E-state index contributed by atoms with van der Waals surface area (Å²) in [4.78, 5) is 0. The number of methoxy groups -OCH3 is 1. The van der Waals surface area contributed by atoms with Crippen LogP contribution in [0.2, 0.25) is 5.02 Å². The van der Waals surface area contributed by atoms with Crippen LogP contribution >= 0.6 is 34.2 Å². The molecule has 0 aliphatic carbocycles. The number of hydrogen-bond donors (Lipinski definition) is 1. The van der Waals surface area contributed by atoms with E-state index in [2.05, 4.69) is 33.1 Å². The maximum Gasteiger partial charge on any atom is 0.174 e. The quantitative estimate of drug-likeness (QED) is 0.251. The molecular formula is C21H18ClIN2O2. The highest BCUT2D eigenvalue weighted by Gasteiger charge is 2.12. The topological polar surface area (TPSA) is 42.8 Å². The predicted molar refractivity (Wildman–Crippen MR) is 119 cm³/mol. The smallest absolute Gasteiger partial charge is 0.174 e. The van der Waals surface area contributed by atoms with Gasteiger partial charge >= 0.3 is 0 Å². The van der Waals surface area contributed by atoms with Gasteiger partial charge in [-0.3, -0.25) is 5.43 Å². The monoisotopic (exact) mass is 492 g/mol. The van der Waals surface area contributed by atoms with Gasteiger partial charge < -0.3 is 9.47 Å². The molecule has 6 heteroatoms. The predicted octanol–water partition coefficient (Wildman–Crippen LogP) is 5.98. The van der Waals surface area contributed by atoms with Gasteiger partial charge in [0.05, 0.1) is 22.6 Å². The number of rotatable bonds is 7. The summed E-state index contributed by atoms with van der Waals surface area (Å²) in [5.41, 5.74) is 5.76. The van der Waals surface area contributed by atoms with Crippen LogP contribution in [0.15, 0.2) is 71.8 Å². The van der Waals surface area contributed by atoms with E-state index in [-0.39, 0.29) is 0 Å². The molecule has 0 bridgehead atoms. The molecule has 1 N–H and O–H groups in total. The fraction of sp³-hybridized carbons (Fsp3) is 0.0952. The van der Waals surface area contributed by atoms with Crippen molar-refractivity contribution in [1.82, 2.24) is 0 Å². The first-order chi connectivity index (χ1) is 13.2. The van der Waals surface area contributed by atoms with Crippen LogP contribution in [0.1, 0.15) is 11.1 Å². The van der Waals surface area contributed by atoms with Gasteiger partial charge in [-0.05, 0) is 58.5 Å². The Hall–Kier alpha value is -2.25. The van der Waals surface area contributed by atoms with E-state index in [1.54, 1.807) is 13.3 Å². The lowest BCUT2D eigenvalue weighted by atomic mass is 10.2. The number of benzene rings is 3. The van der Waals surface area contributed by atoms with Crippen molar-refractivity contribution >= 4 is 46.1 Å². The lowest BCUT2D eigenvalue weighted by molar-refractivity contribution is 0.282. The normalized spacial score (nSPS) is 10.8. The molecule has 0 atom stereocenters. The summed E-state index contributed by atoms with van der Waals surface area (Å²) in [6.45, 7) is 0.370. The van der Waals surface area contributed by atoms with Crippen LogP contribution in [0.25, 0.3) is 0 Å². The van der Waals surface area contributed by atoms with E-state index in [1.807, 2.05) is 66.7 Å². The van der Waals surface area contributed by atoms with Crippen molar-refractivity contribution in [2.24, 2.45) is 5.10 Å². The first kappa shape index (κ1) is 19.5. The number of hydrazone groups is 1. The minimum Gasteiger partial charge on any atom is -0.493 e. The zero-order valence-electron chi connectivity index (χ0n) is 14.7. The highest BCUT2D eigenvalue weighted by molar-refractivity contribution is 14.1. The van der Waals surface area contributed by atoms with E-state index in [1.165, 1.54) is 0 Å². The van der Waals surface area contributed by atoms with Crippen LogP contribution in [0.5, 0.6) is 11.5 Å². The molecule has 138 valence electrons. The van der Waals surface area contributed by atoms with Gasteiger partial charge in [0.2, 0.25) is 0 Å². The SMILES string of the molecule is COc1cc(/C=N\Nc2ccccc2)cc(I)c1OCc1ccccc1Cl. The van der Waals surface area contributed by atoms with E-state index >= 15 is 0 Å². The lowest BCUT2D eigenvalue weighted by Crippen LogP contribution is -2.01. The molecule has 0 radical (unpaired) electrons. The van der Waals surface area contributed by atoms with Gasteiger partial charge in [0.1, 0.15) is 6.61 Å². The highest BCUT2D eigenvalue weighted by Crippen LogP contribution is 2.34. The number of nitrogens with one attached hydrogen (secondary N) is 1. The van der Waals surface area contributed by atoms with Crippen molar-refractivity contribution in [3.05, 3.63) is 86.4 Å². The first-order valence-electron chi connectivity index (χ1n) is 8.25. The highest BCUT2D eigenvalue weighted by atomic mass is 127. The largest absolute Gasteiger partial charge is 0.493 e. The molecule has 0 saturated carbocycles. The van der Waals surface area contributed by atoms with Crippen LogP contribution < -0.4 is 14.9 Å². The van der Waals surface area contributed by atoms with Crippen LogP contribution in [0, 0.1) is 3.57 Å². The van der Waals surface area contributed by atoms with Gasteiger partial charge in [0, 0.05) is 10.6 Å². The molecule has 4 nitrogen and oxygen atoms in total. The third-order valence-electron chi connectivity index (χ3n) is 3.76. The Balaban J connectivity index is 1.73. The van der Waals surface area contributed by atoms with Crippen molar-refractivity contribution in [3.63, 3.8) is 0 Å². The summed E-state index contributed by atoms with van der Waals surface area (Å²) >= 11 is 8.43. The standard InChI is InChI=1S/C21H18ClIN2O2/c1-26-20-12-15(13-24-25-17-8-3-2-4-9-17)11-19(23)21(20)27-14-16-7-5-6-10-18(16)22/h2-13,25H,14H2,1H3/b24-13-. The summed E-state index contributed by atoms with van der Waals surface area (Å²) in [7, 11) is 1.62. The second-order valence-corrected chi connectivity index (χ2v) is 7.22. The molecule has 27 heavy (non-hydrogen) atoms. The molecule has 0 fully saturated rings. The Bertz CT molecular complexity index is 933. The molecule has 0 saturated heterocycles. The zero-order chi connectivity index (χ0) is 19.1. The van der Waals surface area contributed by atoms with Crippen molar-refractivity contribution in [3.8, 4) is 11.5 Å². The van der Waals surface area contributed by atoms with Gasteiger partial charge in [0.15, 0.2) is 11.5 Å². The third kappa shape index (κ3) is 5.37. The third-order valence-corrected chi connectivity index (χ3v) is 4.93. The number of nitrogens with zero attached hydrogens (tertiary/aromatic N) is 1. The van der Waals surface area contributed by atoms with Crippen LogP contribution in [0.3, 0.4) is 0 Å². The van der Waals surface area contributed by atoms with Crippen LogP contribution in [-0.2, 0) is 6.61 Å². The average Bonchev–Trinajstić information content (AvgIpc) is 2.69. The molecule has 0 spiro atoms. The molecule has 0 unspecified atom stereocenters. The number of anilines is 1. The summed E-state index contributed by atoms with van der Waals surface area (Å²) in [6.07, 6.45) is 1.75. The number of hydrogen-bond acceptors (Lipinski definition) is 4. The minimum absolute atomic E-state index is 0.370. The van der Waals surface area contributed by atoms with E-state index in [9.17, 15) is 0 Å². The minimum atomic E-state index is 0.370. The summed E-state index contributed by atoms with van der Waals surface area (Å²) in [5, 5.41) is 4.95. The van der Waals surface area contributed by atoms with E-state index in [0.717, 1.165) is 20.4 Å². The Morgan fingerprint density at radius 2 is 1.81 bits per heavy atom.